The lowest BCUT2D eigenvalue weighted by Gasteiger charge is -2.37. The van der Waals surface area contributed by atoms with Gasteiger partial charge < -0.3 is 0 Å². The molecule has 0 heterocycles. The number of benzene rings is 1. The molecule has 0 aromatic heterocycles. The fourth-order valence-electron chi connectivity index (χ4n) is 4.83. The second kappa shape index (κ2) is 7.20. The molecule has 3 rings (SSSR count). The highest BCUT2D eigenvalue weighted by molar-refractivity contribution is 5.27. The van der Waals surface area contributed by atoms with Crippen LogP contribution >= 0.6 is 0 Å². The predicted octanol–water partition coefficient (Wildman–Crippen LogP) is 6.91. The SMILES string of the molecule is CC1CCC(C2CCC(c3ccc(C(C)C)cc3)CC2)CC1. The summed E-state index contributed by atoms with van der Waals surface area (Å²) in [5.41, 5.74) is 3.08. The van der Waals surface area contributed by atoms with Gasteiger partial charge in [-0.2, -0.15) is 0 Å². The molecule has 0 unspecified atom stereocenters. The van der Waals surface area contributed by atoms with E-state index < -0.39 is 0 Å². The number of rotatable bonds is 3. The molecule has 0 saturated heterocycles. The number of hydrogen-bond donors (Lipinski definition) is 0. The Kier molecular flexibility index (Phi) is 5.26. The van der Waals surface area contributed by atoms with Crippen molar-refractivity contribution in [3.8, 4) is 0 Å². The van der Waals surface area contributed by atoms with Gasteiger partial charge in [-0.1, -0.05) is 57.9 Å². The summed E-state index contributed by atoms with van der Waals surface area (Å²) in [6.45, 7) is 7.00. The molecule has 0 N–H and O–H groups in total. The molecule has 122 valence electrons. The minimum Gasteiger partial charge on any atom is -0.0625 e. The summed E-state index contributed by atoms with van der Waals surface area (Å²) >= 11 is 0. The molecule has 2 aliphatic rings. The molecule has 0 atom stereocenters. The van der Waals surface area contributed by atoms with Gasteiger partial charge in [0.1, 0.15) is 0 Å². The minimum atomic E-state index is 0.651. The largest absolute Gasteiger partial charge is 0.0625 e. The van der Waals surface area contributed by atoms with Crippen molar-refractivity contribution in [1.29, 1.82) is 0 Å². The normalized spacial score (nSPS) is 33.1. The van der Waals surface area contributed by atoms with Crippen LogP contribution in [0.1, 0.15) is 95.1 Å². The van der Waals surface area contributed by atoms with Gasteiger partial charge in [-0.15, -0.1) is 0 Å². The van der Waals surface area contributed by atoms with E-state index in [9.17, 15) is 0 Å². The van der Waals surface area contributed by atoms with E-state index in [1.165, 1.54) is 56.9 Å². The lowest BCUT2D eigenvalue weighted by molar-refractivity contribution is 0.165. The van der Waals surface area contributed by atoms with Crippen LogP contribution in [0.5, 0.6) is 0 Å². The topological polar surface area (TPSA) is 0 Å². The molecule has 2 aliphatic carbocycles. The zero-order valence-corrected chi connectivity index (χ0v) is 14.9. The van der Waals surface area contributed by atoms with Gasteiger partial charge in [0.05, 0.1) is 0 Å². The van der Waals surface area contributed by atoms with Crippen LogP contribution in [-0.2, 0) is 0 Å². The Balaban J connectivity index is 1.53. The van der Waals surface area contributed by atoms with Gasteiger partial charge in [-0.05, 0) is 79.2 Å². The molecule has 1 aromatic rings. The Morgan fingerprint density at radius 3 is 1.73 bits per heavy atom. The fourth-order valence-corrected chi connectivity index (χ4v) is 4.83. The highest BCUT2D eigenvalue weighted by atomic mass is 14.4. The molecule has 2 fully saturated rings. The predicted molar refractivity (Wildman–Crippen MR) is 96.4 cm³/mol. The van der Waals surface area contributed by atoms with E-state index in [0.717, 1.165) is 23.7 Å². The first kappa shape index (κ1) is 16.1. The summed E-state index contributed by atoms with van der Waals surface area (Å²) in [6, 6.07) is 9.52. The molecule has 0 heteroatoms. The zero-order valence-electron chi connectivity index (χ0n) is 14.9. The highest BCUT2D eigenvalue weighted by Crippen LogP contribution is 2.43. The summed E-state index contributed by atoms with van der Waals surface area (Å²) in [4.78, 5) is 0. The van der Waals surface area contributed by atoms with Crippen LogP contribution in [0.15, 0.2) is 24.3 Å². The lowest BCUT2D eigenvalue weighted by Crippen LogP contribution is -2.24. The maximum absolute atomic E-state index is 2.44. The van der Waals surface area contributed by atoms with Crippen LogP contribution in [0.3, 0.4) is 0 Å². The lowest BCUT2D eigenvalue weighted by atomic mass is 9.68. The second-order valence-corrected chi connectivity index (χ2v) is 8.45. The summed E-state index contributed by atoms with van der Waals surface area (Å²) in [6.07, 6.45) is 11.8. The standard InChI is InChI=1S/C22H34/c1-16(2)18-8-10-20(11-9-18)22-14-12-21(13-15-22)19-6-4-17(3)5-7-19/h8-11,16-17,19,21-22H,4-7,12-15H2,1-3H3. The highest BCUT2D eigenvalue weighted by Gasteiger charge is 2.30. The Morgan fingerprint density at radius 1 is 0.727 bits per heavy atom. The van der Waals surface area contributed by atoms with Crippen molar-refractivity contribution in [2.24, 2.45) is 17.8 Å². The third-order valence-corrected chi connectivity index (χ3v) is 6.57. The molecular formula is C22H34. The maximum atomic E-state index is 2.44. The Labute approximate surface area is 137 Å². The van der Waals surface area contributed by atoms with E-state index in [1.807, 2.05) is 0 Å². The van der Waals surface area contributed by atoms with Crippen molar-refractivity contribution in [2.45, 2.75) is 84.0 Å². The Morgan fingerprint density at radius 2 is 1.23 bits per heavy atom. The molecular weight excluding hydrogens is 264 g/mol. The van der Waals surface area contributed by atoms with Crippen LogP contribution in [0.25, 0.3) is 0 Å². The Bertz CT molecular complexity index is 439. The van der Waals surface area contributed by atoms with Gasteiger partial charge >= 0.3 is 0 Å². The van der Waals surface area contributed by atoms with Gasteiger partial charge in [0.2, 0.25) is 0 Å². The fraction of sp³-hybridized carbons (Fsp3) is 0.727. The van der Waals surface area contributed by atoms with Crippen molar-refractivity contribution in [2.75, 3.05) is 0 Å². The third kappa shape index (κ3) is 3.76. The van der Waals surface area contributed by atoms with Crippen molar-refractivity contribution >= 4 is 0 Å². The summed E-state index contributed by atoms with van der Waals surface area (Å²) in [5.74, 6) is 4.57. The van der Waals surface area contributed by atoms with Gasteiger partial charge in [0.15, 0.2) is 0 Å². The molecule has 2 saturated carbocycles. The first-order chi connectivity index (χ1) is 10.6. The Hall–Kier alpha value is -0.780. The average molecular weight is 299 g/mol. The van der Waals surface area contributed by atoms with Crippen molar-refractivity contribution < 1.29 is 0 Å². The van der Waals surface area contributed by atoms with E-state index >= 15 is 0 Å². The first-order valence-corrected chi connectivity index (χ1v) is 9.73. The van der Waals surface area contributed by atoms with Gasteiger partial charge in [-0.25, -0.2) is 0 Å². The second-order valence-electron chi connectivity index (χ2n) is 8.45. The molecule has 0 nitrogen and oxygen atoms in total. The third-order valence-electron chi connectivity index (χ3n) is 6.57. The van der Waals surface area contributed by atoms with Crippen molar-refractivity contribution in [3.05, 3.63) is 35.4 Å². The zero-order chi connectivity index (χ0) is 15.5. The smallest absolute Gasteiger partial charge is 0.0162 e. The minimum absolute atomic E-state index is 0.651. The molecule has 0 amide bonds. The summed E-state index contributed by atoms with van der Waals surface area (Å²) < 4.78 is 0. The summed E-state index contributed by atoms with van der Waals surface area (Å²) in [7, 11) is 0. The van der Waals surface area contributed by atoms with E-state index in [4.69, 9.17) is 0 Å². The average Bonchev–Trinajstić information content (AvgIpc) is 2.56. The van der Waals surface area contributed by atoms with Crippen LogP contribution in [0, 0.1) is 17.8 Å². The van der Waals surface area contributed by atoms with Crippen molar-refractivity contribution in [1.82, 2.24) is 0 Å². The number of hydrogen-bond acceptors (Lipinski definition) is 0. The maximum Gasteiger partial charge on any atom is -0.0162 e. The summed E-state index contributed by atoms with van der Waals surface area (Å²) in [5, 5.41) is 0. The van der Waals surface area contributed by atoms with E-state index in [-0.39, 0.29) is 0 Å². The van der Waals surface area contributed by atoms with E-state index in [0.29, 0.717) is 5.92 Å². The first-order valence-electron chi connectivity index (χ1n) is 9.73. The molecule has 0 radical (unpaired) electrons. The van der Waals surface area contributed by atoms with Crippen LogP contribution < -0.4 is 0 Å². The van der Waals surface area contributed by atoms with Crippen LogP contribution in [0.2, 0.25) is 0 Å². The molecule has 1 aromatic carbocycles. The van der Waals surface area contributed by atoms with Gasteiger partial charge in [-0.3, -0.25) is 0 Å². The monoisotopic (exact) mass is 298 g/mol. The molecule has 0 bridgehead atoms. The van der Waals surface area contributed by atoms with E-state index in [1.54, 1.807) is 5.56 Å². The van der Waals surface area contributed by atoms with Gasteiger partial charge in [0.25, 0.3) is 0 Å². The van der Waals surface area contributed by atoms with Crippen molar-refractivity contribution in [3.63, 3.8) is 0 Å². The van der Waals surface area contributed by atoms with Crippen LogP contribution in [0.4, 0.5) is 0 Å². The molecule has 22 heavy (non-hydrogen) atoms. The molecule has 0 spiro atoms. The van der Waals surface area contributed by atoms with Crippen LogP contribution in [-0.4, -0.2) is 0 Å². The van der Waals surface area contributed by atoms with Gasteiger partial charge in [0, 0.05) is 0 Å². The quantitative estimate of drug-likeness (QED) is 0.568. The van der Waals surface area contributed by atoms with E-state index in [2.05, 4.69) is 45.0 Å². The molecule has 0 aliphatic heterocycles.